The number of aromatic nitrogens is 1. The molecule has 2 aromatic rings. The normalized spacial score (nSPS) is 17.6. The van der Waals surface area contributed by atoms with Gasteiger partial charge < -0.3 is 14.6 Å². The van der Waals surface area contributed by atoms with Gasteiger partial charge in [-0.3, -0.25) is 4.79 Å². The molecule has 1 aromatic heterocycles. The standard InChI is InChI=1S/C19H26N2O2/c1-3-20-13-16(17-6-4-5-7-18(17)20)12-19(23)21-10-8-15(9-11-21)14(2)22/h4-7,13-15,22H,3,8-12H2,1-2H3. The summed E-state index contributed by atoms with van der Waals surface area (Å²) in [6.45, 7) is 6.41. The number of piperidine rings is 1. The van der Waals surface area contributed by atoms with Gasteiger partial charge in [-0.05, 0) is 44.2 Å². The summed E-state index contributed by atoms with van der Waals surface area (Å²) in [5.74, 6) is 0.536. The van der Waals surface area contributed by atoms with Crippen LogP contribution >= 0.6 is 0 Å². The number of benzene rings is 1. The van der Waals surface area contributed by atoms with E-state index in [1.54, 1.807) is 0 Å². The van der Waals surface area contributed by atoms with Crippen molar-refractivity contribution in [2.45, 2.75) is 45.8 Å². The highest BCUT2D eigenvalue weighted by molar-refractivity contribution is 5.89. The predicted molar refractivity (Wildman–Crippen MR) is 92.3 cm³/mol. The third kappa shape index (κ3) is 3.27. The van der Waals surface area contributed by atoms with Crippen molar-refractivity contribution in [1.82, 2.24) is 9.47 Å². The van der Waals surface area contributed by atoms with Crippen molar-refractivity contribution < 1.29 is 9.90 Å². The number of hydrogen-bond acceptors (Lipinski definition) is 2. The summed E-state index contributed by atoms with van der Waals surface area (Å²) in [4.78, 5) is 14.6. The lowest BCUT2D eigenvalue weighted by Gasteiger charge is -2.33. The molecule has 1 saturated heterocycles. The molecular formula is C19H26N2O2. The second-order valence-corrected chi connectivity index (χ2v) is 6.59. The first-order valence-electron chi connectivity index (χ1n) is 8.62. The monoisotopic (exact) mass is 314 g/mol. The van der Waals surface area contributed by atoms with Gasteiger partial charge in [0.25, 0.3) is 0 Å². The predicted octanol–water partition coefficient (Wildman–Crippen LogP) is 2.82. The Morgan fingerprint density at radius 2 is 2.00 bits per heavy atom. The van der Waals surface area contributed by atoms with Crippen molar-refractivity contribution in [3.63, 3.8) is 0 Å². The number of hydrogen-bond donors (Lipinski definition) is 1. The molecule has 2 heterocycles. The summed E-state index contributed by atoms with van der Waals surface area (Å²) in [6.07, 6.45) is 4.12. The maximum absolute atomic E-state index is 12.6. The molecule has 0 bridgehead atoms. The van der Waals surface area contributed by atoms with E-state index >= 15 is 0 Å². The van der Waals surface area contributed by atoms with E-state index < -0.39 is 0 Å². The second-order valence-electron chi connectivity index (χ2n) is 6.59. The summed E-state index contributed by atoms with van der Waals surface area (Å²) in [5, 5.41) is 10.9. The largest absolute Gasteiger partial charge is 0.393 e. The molecule has 1 aliphatic heterocycles. The van der Waals surface area contributed by atoms with Crippen LogP contribution in [0.2, 0.25) is 0 Å². The van der Waals surface area contributed by atoms with E-state index in [9.17, 15) is 9.90 Å². The molecule has 1 aromatic carbocycles. The lowest BCUT2D eigenvalue weighted by atomic mass is 9.92. The first-order chi connectivity index (χ1) is 11.1. The number of aliphatic hydroxyl groups excluding tert-OH is 1. The van der Waals surface area contributed by atoms with Crippen molar-refractivity contribution in [2.24, 2.45) is 5.92 Å². The van der Waals surface area contributed by atoms with Gasteiger partial charge in [0.05, 0.1) is 12.5 Å². The van der Waals surface area contributed by atoms with Gasteiger partial charge in [-0.1, -0.05) is 18.2 Å². The Balaban J connectivity index is 1.71. The Morgan fingerprint density at radius 3 is 2.65 bits per heavy atom. The summed E-state index contributed by atoms with van der Waals surface area (Å²) in [6, 6.07) is 8.29. The third-order valence-corrected chi connectivity index (χ3v) is 5.13. The van der Waals surface area contributed by atoms with Crippen LogP contribution in [-0.2, 0) is 17.8 Å². The van der Waals surface area contributed by atoms with Crippen LogP contribution in [0.5, 0.6) is 0 Å². The number of nitrogens with zero attached hydrogens (tertiary/aromatic N) is 2. The van der Waals surface area contributed by atoms with Gasteiger partial charge >= 0.3 is 0 Å². The second kappa shape index (κ2) is 6.75. The van der Waals surface area contributed by atoms with E-state index in [-0.39, 0.29) is 12.0 Å². The highest BCUT2D eigenvalue weighted by atomic mass is 16.3. The minimum absolute atomic E-state index is 0.202. The van der Waals surface area contributed by atoms with Crippen molar-refractivity contribution in [3.8, 4) is 0 Å². The van der Waals surface area contributed by atoms with Crippen molar-refractivity contribution >= 4 is 16.8 Å². The molecule has 0 aliphatic carbocycles. The highest BCUT2D eigenvalue weighted by Gasteiger charge is 2.25. The SMILES string of the molecule is CCn1cc(CC(=O)N2CCC(C(C)O)CC2)c2ccccc21. The fourth-order valence-corrected chi connectivity index (χ4v) is 3.63. The van der Waals surface area contributed by atoms with Crippen LogP contribution in [0.4, 0.5) is 0 Å². The van der Waals surface area contributed by atoms with Crippen LogP contribution in [0.15, 0.2) is 30.5 Å². The topological polar surface area (TPSA) is 45.5 Å². The molecule has 4 nitrogen and oxygen atoms in total. The molecule has 1 unspecified atom stereocenters. The van der Waals surface area contributed by atoms with Crippen LogP contribution in [0.25, 0.3) is 10.9 Å². The smallest absolute Gasteiger partial charge is 0.227 e. The molecule has 1 N–H and O–H groups in total. The summed E-state index contributed by atoms with van der Waals surface area (Å²) >= 11 is 0. The molecule has 23 heavy (non-hydrogen) atoms. The summed E-state index contributed by atoms with van der Waals surface area (Å²) < 4.78 is 2.21. The van der Waals surface area contributed by atoms with Gasteiger partial charge in [0, 0.05) is 36.7 Å². The van der Waals surface area contributed by atoms with Gasteiger partial charge in [-0.15, -0.1) is 0 Å². The van der Waals surface area contributed by atoms with Gasteiger partial charge in [0.1, 0.15) is 0 Å². The minimum Gasteiger partial charge on any atom is -0.393 e. The Labute approximate surface area is 137 Å². The zero-order chi connectivity index (χ0) is 16.4. The number of rotatable bonds is 4. The van der Waals surface area contributed by atoms with Crippen LogP contribution in [-0.4, -0.2) is 39.7 Å². The fraction of sp³-hybridized carbons (Fsp3) is 0.526. The molecule has 1 amide bonds. The number of carbonyl (C=O) groups excluding carboxylic acids is 1. The van der Waals surface area contributed by atoms with Crippen molar-refractivity contribution in [2.75, 3.05) is 13.1 Å². The molecule has 1 aliphatic rings. The lowest BCUT2D eigenvalue weighted by Crippen LogP contribution is -2.41. The summed E-state index contributed by atoms with van der Waals surface area (Å²) in [5.41, 5.74) is 2.32. The molecule has 0 spiro atoms. The number of fused-ring (bicyclic) bond motifs is 1. The molecule has 4 heteroatoms. The van der Waals surface area contributed by atoms with E-state index in [4.69, 9.17) is 0 Å². The zero-order valence-corrected chi connectivity index (χ0v) is 14.0. The number of aryl methyl sites for hydroxylation is 1. The van der Waals surface area contributed by atoms with Gasteiger partial charge in [-0.2, -0.15) is 0 Å². The average molecular weight is 314 g/mol. The number of para-hydroxylation sites is 1. The Kier molecular flexibility index (Phi) is 4.71. The van der Waals surface area contributed by atoms with E-state index in [0.29, 0.717) is 12.3 Å². The zero-order valence-electron chi connectivity index (χ0n) is 14.0. The van der Waals surface area contributed by atoms with Gasteiger partial charge in [0.15, 0.2) is 0 Å². The summed E-state index contributed by atoms with van der Waals surface area (Å²) in [7, 11) is 0. The third-order valence-electron chi connectivity index (χ3n) is 5.13. The van der Waals surface area contributed by atoms with Crippen molar-refractivity contribution in [3.05, 3.63) is 36.0 Å². The average Bonchev–Trinajstić information content (AvgIpc) is 2.93. The Bertz CT molecular complexity index is 682. The molecule has 3 rings (SSSR count). The van der Waals surface area contributed by atoms with E-state index in [2.05, 4.69) is 29.8 Å². The minimum atomic E-state index is -0.269. The molecule has 0 saturated carbocycles. The number of aliphatic hydroxyl groups is 1. The maximum Gasteiger partial charge on any atom is 0.227 e. The van der Waals surface area contributed by atoms with Crippen LogP contribution < -0.4 is 0 Å². The van der Waals surface area contributed by atoms with Crippen molar-refractivity contribution in [1.29, 1.82) is 0 Å². The van der Waals surface area contributed by atoms with E-state index in [0.717, 1.165) is 38.0 Å². The van der Waals surface area contributed by atoms with Crippen LogP contribution in [0.1, 0.15) is 32.3 Å². The Morgan fingerprint density at radius 1 is 1.30 bits per heavy atom. The van der Waals surface area contributed by atoms with Crippen LogP contribution in [0.3, 0.4) is 0 Å². The molecule has 1 fully saturated rings. The van der Waals surface area contributed by atoms with Gasteiger partial charge in [0.2, 0.25) is 5.91 Å². The number of likely N-dealkylation sites (tertiary alicyclic amines) is 1. The van der Waals surface area contributed by atoms with E-state index in [1.165, 1.54) is 10.9 Å². The highest BCUT2D eigenvalue weighted by Crippen LogP contribution is 2.24. The first kappa shape index (κ1) is 16.1. The van der Waals surface area contributed by atoms with Crippen LogP contribution in [0, 0.1) is 5.92 Å². The molecule has 1 atom stereocenters. The molecule has 0 radical (unpaired) electrons. The Hall–Kier alpha value is -1.81. The maximum atomic E-state index is 12.6. The molecule has 124 valence electrons. The lowest BCUT2D eigenvalue weighted by molar-refractivity contribution is -0.132. The quantitative estimate of drug-likeness (QED) is 0.943. The number of amides is 1. The fourth-order valence-electron chi connectivity index (χ4n) is 3.63. The first-order valence-corrected chi connectivity index (χ1v) is 8.62. The number of carbonyl (C=O) groups is 1. The molecular weight excluding hydrogens is 288 g/mol. The van der Waals surface area contributed by atoms with Gasteiger partial charge in [-0.25, -0.2) is 0 Å². The van der Waals surface area contributed by atoms with E-state index in [1.807, 2.05) is 24.0 Å².